The number of aromatic hydroxyl groups is 1. The average Bonchev–Trinajstić information content (AvgIpc) is 2.39. The van der Waals surface area contributed by atoms with Gasteiger partial charge in [-0.05, 0) is 36.5 Å². The highest BCUT2D eigenvalue weighted by Crippen LogP contribution is 2.34. The molecular formula is C14H19NO3. The minimum atomic E-state index is -1.12. The summed E-state index contributed by atoms with van der Waals surface area (Å²) in [5.41, 5.74) is 6.95. The molecule has 0 aliphatic heterocycles. The molecule has 98 valence electrons. The van der Waals surface area contributed by atoms with Crippen molar-refractivity contribution in [1.82, 2.24) is 0 Å². The lowest BCUT2D eigenvalue weighted by Crippen LogP contribution is -2.23. The first kappa shape index (κ1) is 12.9. The van der Waals surface area contributed by atoms with Crippen molar-refractivity contribution in [2.24, 2.45) is 11.7 Å². The van der Waals surface area contributed by atoms with Crippen LogP contribution in [-0.4, -0.2) is 16.2 Å². The summed E-state index contributed by atoms with van der Waals surface area (Å²) in [6.45, 7) is 0. The fourth-order valence-electron chi connectivity index (χ4n) is 2.70. The van der Waals surface area contributed by atoms with Crippen molar-refractivity contribution in [2.45, 2.75) is 38.1 Å². The maximum atomic E-state index is 11.0. The fourth-order valence-corrected chi connectivity index (χ4v) is 2.70. The number of hydrogen-bond acceptors (Lipinski definition) is 3. The van der Waals surface area contributed by atoms with Crippen molar-refractivity contribution >= 4 is 5.97 Å². The molecule has 0 aromatic heterocycles. The molecule has 1 saturated carbocycles. The van der Waals surface area contributed by atoms with E-state index in [4.69, 9.17) is 10.8 Å². The van der Waals surface area contributed by atoms with Gasteiger partial charge in [-0.15, -0.1) is 0 Å². The van der Waals surface area contributed by atoms with Crippen molar-refractivity contribution in [2.75, 3.05) is 0 Å². The topological polar surface area (TPSA) is 83.5 Å². The maximum absolute atomic E-state index is 11.0. The highest BCUT2D eigenvalue weighted by Gasteiger charge is 2.23. The second-order valence-electron chi connectivity index (χ2n) is 5.01. The number of nitrogens with two attached hydrogens (primary N) is 1. The molecule has 0 bridgehead atoms. The molecule has 1 aliphatic rings. The predicted molar refractivity (Wildman–Crippen MR) is 68.6 cm³/mol. The minimum absolute atomic E-state index is 0.0706. The number of rotatable bonds is 3. The Morgan fingerprint density at radius 3 is 2.56 bits per heavy atom. The van der Waals surface area contributed by atoms with Crippen LogP contribution in [0.15, 0.2) is 18.2 Å². The minimum Gasteiger partial charge on any atom is -0.507 e. The van der Waals surface area contributed by atoms with Gasteiger partial charge >= 0.3 is 5.97 Å². The highest BCUT2D eigenvalue weighted by molar-refractivity contribution is 5.90. The lowest BCUT2D eigenvalue weighted by molar-refractivity contribution is 0.0693. The normalized spacial score (nSPS) is 18.5. The second kappa shape index (κ2) is 5.40. The van der Waals surface area contributed by atoms with E-state index in [2.05, 4.69) is 0 Å². The Morgan fingerprint density at radius 2 is 1.94 bits per heavy atom. The van der Waals surface area contributed by atoms with Crippen LogP contribution < -0.4 is 5.73 Å². The zero-order chi connectivity index (χ0) is 13.1. The molecule has 4 nitrogen and oxygen atoms in total. The van der Waals surface area contributed by atoms with E-state index in [1.165, 1.54) is 31.4 Å². The molecule has 4 heteroatoms. The summed E-state index contributed by atoms with van der Waals surface area (Å²) in [6, 6.07) is 4.50. The first-order valence-electron chi connectivity index (χ1n) is 6.41. The number of aromatic carboxylic acids is 1. The Kier molecular flexibility index (Phi) is 3.87. The molecule has 2 rings (SSSR count). The summed E-state index contributed by atoms with van der Waals surface area (Å²) >= 11 is 0. The largest absolute Gasteiger partial charge is 0.507 e. The zero-order valence-corrected chi connectivity index (χ0v) is 10.3. The van der Waals surface area contributed by atoms with Gasteiger partial charge in [0, 0.05) is 6.04 Å². The molecule has 1 aliphatic carbocycles. The van der Waals surface area contributed by atoms with E-state index < -0.39 is 5.97 Å². The van der Waals surface area contributed by atoms with Gasteiger partial charge in [0.2, 0.25) is 0 Å². The lowest BCUT2D eigenvalue weighted by Gasteiger charge is -2.28. The fraction of sp³-hybridized carbons (Fsp3) is 0.500. The van der Waals surface area contributed by atoms with Crippen LogP contribution >= 0.6 is 0 Å². The molecule has 1 aromatic rings. The standard InChI is InChI=1S/C14H19NO3/c15-13(9-4-2-1-3-5-9)10-6-7-12(16)11(8-10)14(17)18/h6-9,13,16H,1-5,15H2,(H,17,18)/t13-/m0/s1. The van der Waals surface area contributed by atoms with Crippen LogP contribution in [-0.2, 0) is 0 Å². The average molecular weight is 249 g/mol. The van der Waals surface area contributed by atoms with E-state index in [1.54, 1.807) is 6.07 Å². The predicted octanol–water partition coefficient (Wildman–Crippen LogP) is 2.67. The number of carboxylic acids is 1. The summed E-state index contributed by atoms with van der Waals surface area (Å²) in [5, 5.41) is 18.5. The van der Waals surface area contributed by atoms with Gasteiger partial charge < -0.3 is 15.9 Å². The Morgan fingerprint density at radius 1 is 1.28 bits per heavy atom. The molecule has 0 saturated heterocycles. The molecule has 18 heavy (non-hydrogen) atoms. The molecular weight excluding hydrogens is 230 g/mol. The van der Waals surface area contributed by atoms with Crippen molar-refractivity contribution in [3.63, 3.8) is 0 Å². The maximum Gasteiger partial charge on any atom is 0.339 e. The Labute approximate surface area is 106 Å². The lowest BCUT2D eigenvalue weighted by atomic mass is 9.81. The number of phenols is 1. The first-order chi connectivity index (χ1) is 8.59. The second-order valence-corrected chi connectivity index (χ2v) is 5.01. The Balaban J connectivity index is 2.21. The summed E-state index contributed by atoms with van der Waals surface area (Å²) in [6.07, 6.45) is 5.86. The van der Waals surface area contributed by atoms with Gasteiger partial charge in [-0.25, -0.2) is 4.79 Å². The number of benzene rings is 1. The SMILES string of the molecule is N[C@H](c1ccc(O)c(C(=O)O)c1)C1CCCCC1. The number of carboxylic acid groups (broad SMARTS) is 1. The van der Waals surface area contributed by atoms with Gasteiger partial charge in [0.1, 0.15) is 11.3 Å². The van der Waals surface area contributed by atoms with E-state index in [0.29, 0.717) is 5.92 Å². The van der Waals surface area contributed by atoms with Gasteiger partial charge in [-0.1, -0.05) is 25.3 Å². The van der Waals surface area contributed by atoms with Crippen molar-refractivity contribution in [3.8, 4) is 5.75 Å². The summed E-state index contributed by atoms with van der Waals surface area (Å²) < 4.78 is 0. The van der Waals surface area contributed by atoms with Gasteiger partial charge in [-0.3, -0.25) is 0 Å². The van der Waals surface area contributed by atoms with Gasteiger partial charge in [0.15, 0.2) is 0 Å². The summed E-state index contributed by atoms with van der Waals surface area (Å²) in [5.74, 6) is -0.905. The van der Waals surface area contributed by atoms with Crippen LogP contribution in [0.25, 0.3) is 0 Å². The van der Waals surface area contributed by atoms with Crippen LogP contribution in [0, 0.1) is 5.92 Å². The first-order valence-corrected chi connectivity index (χ1v) is 6.41. The smallest absolute Gasteiger partial charge is 0.339 e. The van der Waals surface area contributed by atoms with Gasteiger partial charge in [0.25, 0.3) is 0 Å². The zero-order valence-electron chi connectivity index (χ0n) is 10.3. The van der Waals surface area contributed by atoms with Crippen LogP contribution in [0.3, 0.4) is 0 Å². The van der Waals surface area contributed by atoms with Crippen molar-refractivity contribution in [3.05, 3.63) is 29.3 Å². The summed E-state index contributed by atoms with van der Waals surface area (Å²) in [4.78, 5) is 11.0. The molecule has 0 heterocycles. The molecule has 0 unspecified atom stereocenters. The van der Waals surface area contributed by atoms with E-state index in [9.17, 15) is 9.90 Å². The third kappa shape index (κ3) is 2.64. The van der Waals surface area contributed by atoms with Crippen LogP contribution in [0.5, 0.6) is 5.75 Å². The van der Waals surface area contributed by atoms with Crippen LogP contribution in [0.4, 0.5) is 0 Å². The van der Waals surface area contributed by atoms with Gasteiger partial charge in [-0.2, -0.15) is 0 Å². The Bertz CT molecular complexity index is 439. The van der Waals surface area contributed by atoms with Gasteiger partial charge in [0.05, 0.1) is 0 Å². The monoisotopic (exact) mass is 249 g/mol. The van der Waals surface area contributed by atoms with Crippen molar-refractivity contribution < 1.29 is 15.0 Å². The molecule has 4 N–H and O–H groups in total. The van der Waals surface area contributed by atoms with E-state index in [-0.39, 0.29) is 17.4 Å². The third-order valence-electron chi connectivity index (χ3n) is 3.79. The number of carbonyl (C=O) groups is 1. The number of hydrogen-bond donors (Lipinski definition) is 3. The summed E-state index contributed by atoms with van der Waals surface area (Å²) in [7, 11) is 0. The molecule has 1 fully saturated rings. The van der Waals surface area contributed by atoms with E-state index in [0.717, 1.165) is 18.4 Å². The third-order valence-corrected chi connectivity index (χ3v) is 3.79. The van der Waals surface area contributed by atoms with Crippen molar-refractivity contribution in [1.29, 1.82) is 0 Å². The quantitative estimate of drug-likeness (QED) is 0.769. The van der Waals surface area contributed by atoms with Crippen LogP contribution in [0.2, 0.25) is 0 Å². The van der Waals surface area contributed by atoms with E-state index >= 15 is 0 Å². The van der Waals surface area contributed by atoms with E-state index in [1.807, 2.05) is 0 Å². The highest BCUT2D eigenvalue weighted by atomic mass is 16.4. The molecule has 1 atom stereocenters. The molecule has 0 radical (unpaired) electrons. The Hall–Kier alpha value is -1.55. The molecule has 0 spiro atoms. The van der Waals surface area contributed by atoms with Crippen LogP contribution in [0.1, 0.15) is 54.1 Å². The molecule has 0 amide bonds. The molecule has 1 aromatic carbocycles.